The molecule has 0 unspecified atom stereocenters. The summed E-state index contributed by atoms with van der Waals surface area (Å²) in [7, 11) is 1.57. The molecule has 0 atom stereocenters. The number of hydrogen-bond donors (Lipinski definition) is 0. The van der Waals surface area contributed by atoms with E-state index in [4.69, 9.17) is 9.47 Å². The van der Waals surface area contributed by atoms with Gasteiger partial charge in [0.2, 0.25) is 0 Å². The number of rotatable bonds is 4. The van der Waals surface area contributed by atoms with Crippen molar-refractivity contribution in [2.24, 2.45) is 5.41 Å². The van der Waals surface area contributed by atoms with Crippen LogP contribution >= 0.6 is 0 Å². The summed E-state index contributed by atoms with van der Waals surface area (Å²) in [6.45, 7) is 3.70. The monoisotopic (exact) mass is 262 g/mol. The number of methoxy groups -OCH3 is 1. The molecule has 2 rings (SSSR count). The Kier molecular flexibility index (Phi) is 3.60. The van der Waals surface area contributed by atoms with Crippen molar-refractivity contribution in [1.29, 1.82) is 0 Å². The molecular formula is C15H18O4. The van der Waals surface area contributed by atoms with Crippen LogP contribution in [0.4, 0.5) is 0 Å². The molecule has 0 aromatic heterocycles. The van der Waals surface area contributed by atoms with E-state index in [1.807, 2.05) is 26.0 Å². The van der Waals surface area contributed by atoms with Gasteiger partial charge in [-0.15, -0.1) is 0 Å². The van der Waals surface area contributed by atoms with Crippen molar-refractivity contribution in [3.05, 3.63) is 23.3 Å². The lowest BCUT2D eigenvalue weighted by atomic mass is 9.85. The molecule has 1 aliphatic rings. The molecule has 4 heteroatoms. The number of carbonyl (C=O) groups excluding carboxylic acids is 2. The van der Waals surface area contributed by atoms with Gasteiger partial charge in [-0.3, -0.25) is 4.79 Å². The molecule has 0 aliphatic carbocycles. The van der Waals surface area contributed by atoms with Crippen molar-refractivity contribution in [1.82, 2.24) is 0 Å². The molecule has 102 valence electrons. The highest BCUT2D eigenvalue weighted by atomic mass is 16.5. The molecule has 0 spiro atoms. The summed E-state index contributed by atoms with van der Waals surface area (Å²) in [4.78, 5) is 22.6. The molecule has 0 N–H and O–H groups in total. The lowest BCUT2D eigenvalue weighted by Crippen LogP contribution is -2.21. The fourth-order valence-electron chi connectivity index (χ4n) is 2.24. The SMILES string of the molecule is COc1ccc2c(c1CC(C)(C)C=O)OC(=O)CC2. The van der Waals surface area contributed by atoms with Crippen LogP contribution in [0.3, 0.4) is 0 Å². The first-order valence-corrected chi connectivity index (χ1v) is 6.32. The Balaban J connectivity index is 2.49. The van der Waals surface area contributed by atoms with Crippen molar-refractivity contribution >= 4 is 12.3 Å². The summed E-state index contributed by atoms with van der Waals surface area (Å²) in [5.41, 5.74) is 1.27. The average Bonchev–Trinajstić information content (AvgIpc) is 2.39. The smallest absolute Gasteiger partial charge is 0.311 e. The van der Waals surface area contributed by atoms with Gasteiger partial charge in [0, 0.05) is 11.0 Å². The van der Waals surface area contributed by atoms with Crippen LogP contribution < -0.4 is 9.47 Å². The quantitative estimate of drug-likeness (QED) is 0.474. The largest absolute Gasteiger partial charge is 0.496 e. The summed E-state index contributed by atoms with van der Waals surface area (Å²) in [6.07, 6.45) is 2.47. The van der Waals surface area contributed by atoms with Crippen LogP contribution in [0.1, 0.15) is 31.4 Å². The van der Waals surface area contributed by atoms with Crippen LogP contribution in [0.15, 0.2) is 12.1 Å². The van der Waals surface area contributed by atoms with Crippen LogP contribution in [-0.2, 0) is 22.4 Å². The van der Waals surface area contributed by atoms with Gasteiger partial charge in [-0.2, -0.15) is 0 Å². The second-order valence-electron chi connectivity index (χ2n) is 5.49. The van der Waals surface area contributed by atoms with E-state index in [0.29, 0.717) is 30.8 Å². The zero-order valence-electron chi connectivity index (χ0n) is 11.5. The van der Waals surface area contributed by atoms with E-state index in [1.165, 1.54) is 0 Å². The molecule has 0 saturated carbocycles. The Bertz CT molecular complexity index is 517. The van der Waals surface area contributed by atoms with Crippen LogP contribution in [-0.4, -0.2) is 19.4 Å². The number of benzene rings is 1. The molecule has 1 aliphatic heterocycles. The van der Waals surface area contributed by atoms with Crippen LogP contribution in [0, 0.1) is 5.41 Å². The maximum Gasteiger partial charge on any atom is 0.311 e. The van der Waals surface area contributed by atoms with E-state index in [1.54, 1.807) is 7.11 Å². The molecular weight excluding hydrogens is 244 g/mol. The maximum atomic E-state index is 11.5. The molecule has 0 fully saturated rings. The van der Waals surface area contributed by atoms with Crippen molar-refractivity contribution in [3.63, 3.8) is 0 Å². The Morgan fingerprint density at radius 3 is 2.74 bits per heavy atom. The topological polar surface area (TPSA) is 52.6 Å². The van der Waals surface area contributed by atoms with Gasteiger partial charge in [0.1, 0.15) is 17.8 Å². The highest BCUT2D eigenvalue weighted by Crippen LogP contribution is 2.39. The van der Waals surface area contributed by atoms with Crippen molar-refractivity contribution in [3.8, 4) is 11.5 Å². The van der Waals surface area contributed by atoms with Crippen molar-refractivity contribution in [2.45, 2.75) is 33.1 Å². The van der Waals surface area contributed by atoms with Gasteiger partial charge in [-0.1, -0.05) is 19.9 Å². The summed E-state index contributed by atoms with van der Waals surface area (Å²) < 4.78 is 10.7. The molecule has 0 bridgehead atoms. The summed E-state index contributed by atoms with van der Waals surface area (Å²) >= 11 is 0. The minimum atomic E-state index is -0.522. The number of aryl methyl sites for hydroxylation is 1. The first kappa shape index (κ1) is 13.6. The normalized spacial score (nSPS) is 14.6. The first-order valence-electron chi connectivity index (χ1n) is 6.32. The molecule has 1 heterocycles. The van der Waals surface area contributed by atoms with Gasteiger partial charge in [-0.25, -0.2) is 0 Å². The Labute approximate surface area is 112 Å². The molecule has 4 nitrogen and oxygen atoms in total. The lowest BCUT2D eigenvalue weighted by molar-refractivity contribution is -0.135. The maximum absolute atomic E-state index is 11.5. The van der Waals surface area contributed by atoms with E-state index in [2.05, 4.69) is 0 Å². The lowest BCUT2D eigenvalue weighted by Gasteiger charge is -2.24. The average molecular weight is 262 g/mol. The standard InChI is InChI=1S/C15H18O4/c1-15(2,9-16)8-11-12(18-3)6-4-10-5-7-13(17)19-14(10)11/h4,6,9H,5,7-8H2,1-3H3. The fourth-order valence-corrected chi connectivity index (χ4v) is 2.24. The molecule has 0 radical (unpaired) electrons. The van der Waals surface area contributed by atoms with E-state index >= 15 is 0 Å². The molecule has 0 amide bonds. The predicted octanol–water partition coefficient (Wildman–Crippen LogP) is 2.31. The zero-order chi connectivity index (χ0) is 14.0. The molecule has 0 saturated heterocycles. The third-order valence-electron chi connectivity index (χ3n) is 3.28. The van der Waals surface area contributed by atoms with Gasteiger partial charge in [-0.05, 0) is 24.5 Å². The Hall–Kier alpha value is -1.84. The number of carbonyl (C=O) groups is 2. The molecule has 19 heavy (non-hydrogen) atoms. The predicted molar refractivity (Wildman–Crippen MR) is 70.5 cm³/mol. The van der Waals surface area contributed by atoms with Gasteiger partial charge in [0.15, 0.2) is 0 Å². The summed E-state index contributed by atoms with van der Waals surface area (Å²) in [6, 6.07) is 3.78. The van der Waals surface area contributed by atoms with Gasteiger partial charge in [0.25, 0.3) is 0 Å². The van der Waals surface area contributed by atoms with Crippen LogP contribution in [0.25, 0.3) is 0 Å². The minimum Gasteiger partial charge on any atom is -0.496 e. The van der Waals surface area contributed by atoms with Gasteiger partial charge < -0.3 is 14.3 Å². The number of esters is 1. The third-order valence-corrected chi connectivity index (χ3v) is 3.28. The van der Waals surface area contributed by atoms with Crippen molar-refractivity contribution in [2.75, 3.05) is 7.11 Å². The van der Waals surface area contributed by atoms with E-state index in [9.17, 15) is 9.59 Å². The first-order chi connectivity index (χ1) is 8.96. The number of fused-ring (bicyclic) bond motifs is 1. The van der Waals surface area contributed by atoms with Gasteiger partial charge in [0.05, 0.1) is 13.5 Å². The van der Waals surface area contributed by atoms with Crippen LogP contribution in [0.5, 0.6) is 11.5 Å². The Morgan fingerprint density at radius 1 is 1.37 bits per heavy atom. The Morgan fingerprint density at radius 2 is 2.11 bits per heavy atom. The number of hydrogen-bond acceptors (Lipinski definition) is 4. The third kappa shape index (κ3) is 2.78. The molecule has 1 aromatic rings. The summed E-state index contributed by atoms with van der Waals surface area (Å²) in [5.74, 6) is 1.000. The number of aldehydes is 1. The highest BCUT2D eigenvalue weighted by molar-refractivity contribution is 5.77. The second-order valence-corrected chi connectivity index (χ2v) is 5.49. The van der Waals surface area contributed by atoms with E-state index in [-0.39, 0.29) is 5.97 Å². The fraction of sp³-hybridized carbons (Fsp3) is 0.467. The van der Waals surface area contributed by atoms with Crippen LogP contribution in [0.2, 0.25) is 0 Å². The highest BCUT2D eigenvalue weighted by Gasteiger charge is 2.27. The van der Waals surface area contributed by atoms with Gasteiger partial charge >= 0.3 is 5.97 Å². The second kappa shape index (κ2) is 5.03. The van der Waals surface area contributed by atoms with Crippen molar-refractivity contribution < 1.29 is 19.1 Å². The molecule has 1 aromatic carbocycles. The zero-order valence-corrected chi connectivity index (χ0v) is 11.5. The van der Waals surface area contributed by atoms with E-state index in [0.717, 1.165) is 17.4 Å². The van der Waals surface area contributed by atoms with E-state index < -0.39 is 5.41 Å². The number of ether oxygens (including phenoxy) is 2. The summed E-state index contributed by atoms with van der Waals surface area (Å²) in [5, 5.41) is 0. The minimum absolute atomic E-state index is 0.231.